The zero-order chi connectivity index (χ0) is 13.4. The molecule has 1 heterocycles. The third-order valence-electron chi connectivity index (χ3n) is 2.60. The molecule has 18 heavy (non-hydrogen) atoms. The van der Waals surface area contributed by atoms with Crippen LogP contribution in [0.3, 0.4) is 0 Å². The number of ether oxygens (including phenoxy) is 2. The smallest absolute Gasteiger partial charge is 0.324 e. The average molecular weight is 275 g/mol. The Morgan fingerprint density at radius 1 is 1.17 bits per heavy atom. The summed E-state index contributed by atoms with van der Waals surface area (Å²) in [4.78, 5) is 12.1. The van der Waals surface area contributed by atoms with Crippen molar-refractivity contribution >= 4 is 17.5 Å². The van der Waals surface area contributed by atoms with Gasteiger partial charge in [0.1, 0.15) is 0 Å². The predicted octanol–water partition coefficient (Wildman–Crippen LogP) is 1.96. The van der Waals surface area contributed by atoms with Gasteiger partial charge in [0.15, 0.2) is 0 Å². The molecule has 0 bridgehead atoms. The van der Waals surface area contributed by atoms with Crippen LogP contribution in [-0.4, -0.2) is 41.6 Å². The number of alkyl halides is 1. The molecule has 0 radical (unpaired) electrons. The highest BCUT2D eigenvalue weighted by molar-refractivity contribution is 6.17. The van der Waals surface area contributed by atoms with Gasteiger partial charge in [0.05, 0.1) is 14.2 Å². The van der Waals surface area contributed by atoms with Crippen LogP contribution in [0.4, 0.5) is 5.95 Å². The average Bonchev–Trinajstić information content (AvgIpc) is 2.42. The van der Waals surface area contributed by atoms with E-state index in [0.29, 0.717) is 17.7 Å². The maximum absolute atomic E-state index is 5.74. The van der Waals surface area contributed by atoms with E-state index in [2.05, 4.69) is 27.2 Å². The minimum Gasteiger partial charge on any atom is -0.467 e. The molecular formula is C11H19ClN4O2. The molecule has 1 rings (SSSR count). The highest BCUT2D eigenvalue weighted by atomic mass is 35.5. The second-order valence-corrected chi connectivity index (χ2v) is 4.14. The van der Waals surface area contributed by atoms with Crippen molar-refractivity contribution in [2.45, 2.75) is 19.8 Å². The summed E-state index contributed by atoms with van der Waals surface area (Å²) in [6, 6.07) is 0.462. The highest BCUT2D eigenvalue weighted by Gasteiger charge is 2.09. The fraction of sp³-hybridized carbons (Fsp3) is 0.727. The third kappa shape index (κ3) is 4.52. The summed E-state index contributed by atoms with van der Waals surface area (Å²) >= 11 is 5.74. The third-order valence-corrected chi connectivity index (χ3v) is 2.82. The van der Waals surface area contributed by atoms with Gasteiger partial charge >= 0.3 is 12.0 Å². The molecule has 1 aromatic rings. The molecule has 0 fully saturated rings. The molecule has 102 valence electrons. The predicted molar refractivity (Wildman–Crippen MR) is 70.5 cm³/mol. The van der Waals surface area contributed by atoms with Crippen LogP contribution in [0, 0.1) is 5.92 Å². The molecule has 6 nitrogen and oxygen atoms in total. The first kappa shape index (κ1) is 14.8. The van der Waals surface area contributed by atoms with E-state index < -0.39 is 0 Å². The standard InChI is InChI=1S/C11H19ClN4O2/c1-4-8(5-6-12)7-13-9-14-10(17-2)16-11(15-9)18-3/h8H,4-7H2,1-3H3,(H,13,14,15,16). The van der Waals surface area contributed by atoms with Gasteiger partial charge < -0.3 is 14.8 Å². The van der Waals surface area contributed by atoms with E-state index in [9.17, 15) is 0 Å². The van der Waals surface area contributed by atoms with Crippen molar-refractivity contribution in [3.8, 4) is 12.0 Å². The van der Waals surface area contributed by atoms with Gasteiger partial charge in [-0.1, -0.05) is 13.3 Å². The number of nitrogens with one attached hydrogen (secondary N) is 1. The van der Waals surface area contributed by atoms with Gasteiger partial charge in [-0.2, -0.15) is 9.97 Å². The number of nitrogens with zero attached hydrogens (tertiary/aromatic N) is 3. The molecule has 0 aliphatic rings. The van der Waals surface area contributed by atoms with Gasteiger partial charge in [0, 0.05) is 12.4 Å². The summed E-state index contributed by atoms with van der Waals surface area (Å²) in [7, 11) is 3.00. The lowest BCUT2D eigenvalue weighted by Gasteiger charge is -2.14. The van der Waals surface area contributed by atoms with Crippen LogP contribution in [0.1, 0.15) is 19.8 Å². The topological polar surface area (TPSA) is 69.2 Å². The first-order chi connectivity index (χ1) is 8.73. The van der Waals surface area contributed by atoms with Crippen molar-refractivity contribution in [3.05, 3.63) is 0 Å². The monoisotopic (exact) mass is 274 g/mol. The number of anilines is 1. The lowest BCUT2D eigenvalue weighted by Crippen LogP contribution is -2.16. The first-order valence-corrected chi connectivity index (χ1v) is 6.40. The maximum Gasteiger partial charge on any atom is 0.324 e. The fourth-order valence-corrected chi connectivity index (χ4v) is 1.75. The summed E-state index contributed by atoms with van der Waals surface area (Å²) in [6.07, 6.45) is 2.02. The van der Waals surface area contributed by atoms with Crippen LogP contribution in [0.2, 0.25) is 0 Å². The minimum atomic E-state index is 0.231. The van der Waals surface area contributed by atoms with E-state index >= 15 is 0 Å². The van der Waals surface area contributed by atoms with E-state index in [4.69, 9.17) is 21.1 Å². The van der Waals surface area contributed by atoms with Crippen LogP contribution < -0.4 is 14.8 Å². The van der Waals surface area contributed by atoms with Gasteiger partial charge in [-0.15, -0.1) is 16.6 Å². The van der Waals surface area contributed by atoms with Gasteiger partial charge in [-0.05, 0) is 12.3 Å². The van der Waals surface area contributed by atoms with Crippen LogP contribution in [0.15, 0.2) is 0 Å². The van der Waals surface area contributed by atoms with Crippen molar-refractivity contribution in [2.24, 2.45) is 5.92 Å². The quantitative estimate of drug-likeness (QED) is 0.731. The molecule has 7 heteroatoms. The van der Waals surface area contributed by atoms with E-state index in [1.54, 1.807) is 0 Å². The molecule has 0 aromatic carbocycles. The van der Waals surface area contributed by atoms with E-state index in [1.165, 1.54) is 14.2 Å². The summed E-state index contributed by atoms with van der Waals surface area (Å²) < 4.78 is 9.95. The zero-order valence-corrected chi connectivity index (χ0v) is 11.7. The van der Waals surface area contributed by atoms with Gasteiger partial charge in [-0.3, -0.25) is 0 Å². The Labute approximate surface area is 112 Å². The molecule has 0 spiro atoms. The molecule has 0 saturated carbocycles. The fourth-order valence-electron chi connectivity index (χ4n) is 1.44. The molecule has 0 amide bonds. The first-order valence-electron chi connectivity index (χ1n) is 5.87. The molecule has 0 saturated heterocycles. The van der Waals surface area contributed by atoms with Crippen molar-refractivity contribution in [2.75, 3.05) is 32.0 Å². The summed E-state index contributed by atoms with van der Waals surface area (Å²) in [5.74, 6) is 1.60. The normalized spacial score (nSPS) is 12.0. The molecule has 1 N–H and O–H groups in total. The van der Waals surface area contributed by atoms with Crippen molar-refractivity contribution in [1.82, 2.24) is 15.0 Å². The minimum absolute atomic E-state index is 0.231. The summed E-state index contributed by atoms with van der Waals surface area (Å²) in [5.41, 5.74) is 0. The molecule has 0 aliphatic heterocycles. The van der Waals surface area contributed by atoms with Crippen molar-refractivity contribution in [3.63, 3.8) is 0 Å². The lowest BCUT2D eigenvalue weighted by molar-refractivity contribution is 0.341. The molecule has 0 aliphatic carbocycles. The second kappa shape index (κ2) is 7.92. The number of aromatic nitrogens is 3. The molecular weight excluding hydrogens is 256 g/mol. The summed E-state index contributed by atoms with van der Waals surface area (Å²) in [5, 5.41) is 3.15. The lowest BCUT2D eigenvalue weighted by atomic mass is 10.0. The second-order valence-electron chi connectivity index (χ2n) is 3.77. The Morgan fingerprint density at radius 2 is 1.78 bits per heavy atom. The summed E-state index contributed by atoms with van der Waals surface area (Å²) in [6.45, 7) is 2.90. The Hall–Kier alpha value is -1.30. The van der Waals surface area contributed by atoms with Crippen LogP contribution in [0.5, 0.6) is 12.0 Å². The van der Waals surface area contributed by atoms with E-state index in [-0.39, 0.29) is 12.0 Å². The Kier molecular flexibility index (Phi) is 6.49. The van der Waals surface area contributed by atoms with Gasteiger partial charge in [0.2, 0.25) is 5.95 Å². The Bertz CT molecular complexity index is 343. The molecule has 1 atom stereocenters. The van der Waals surface area contributed by atoms with Crippen molar-refractivity contribution < 1.29 is 9.47 Å². The van der Waals surface area contributed by atoms with Crippen LogP contribution in [0.25, 0.3) is 0 Å². The van der Waals surface area contributed by atoms with Gasteiger partial charge in [-0.25, -0.2) is 0 Å². The Balaban J connectivity index is 2.65. The SMILES string of the molecule is CCC(CCCl)CNc1nc(OC)nc(OC)n1. The number of rotatable bonds is 8. The number of methoxy groups -OCH3 is 2. The molecule has 1 aromatic heterocycles. The van der Waals surface area contributed by atoms with Crippen LogP contribution >= 0.6 is 11.6 Å². The van der Waals surface area contributed by atoms with E-state index in [1.807, 2.05) is 0 Å². The van der Waals surface area contributed by atoms with E-state index in [0.717, 1.165) is 19.4 Å². The maximum atomic E-state index is 5.74. The number of hydrogen-bond donors (Lipinski definition) is 1. The largest absolute Gasteiger partial charge is 0.467 e. The van der Waals surface area contributed by atoms with Crippen molar-refractivity contribution in [1.29, 1.82) is 0 Å². The highest BCUT2D eigenvalue weighted by Crippen LogP contribution is 2.14. The number of halogens is 1. The number of hydrogen-bond acceptors (Lipinski definition) is 6. The Morgan fingerprint density at radius 3 is 2.22 bits per heavy atom. The zero-order valence-electron chi connectivity index (χ0n) is 10.9. The molecule has 1 unspecified atom stereocenters. The van der Waals surface area contributed by atoms with Crippen LogP contribution in [-0.2, 0) is 0 Å². The van der Waals surface area contributed by atoms with Gasteiger partial charge in [0.25, 0.3) is 0 Å².